The first kappa shape index (κ1) is 27.0. The first-order chi connectivity index (χ1) is 17.6. The molecular weight excluding hydrogens is 544 g/mol. The van der Waals surface area contributed by atoms with Gasteiger partial charge in [-0.25, -0.2) is 13.8 Å². The fourth-order valence-electron chi connectivity index (χ4n) is 3.96. The van der Waals surface area contributed by atoms with Crippen LogP contribution in [-0.2, 0) is 28.8 Å². The lowest BCUT2D eigenvalue weighted by atomic mass is 9.91. The van der Waals surface area contributed by atoms with Crippen molar-refractivity contribution in [2.75, 3.05) is 6.61 Å². The lowest BCUT2D eigenvalue weighted by Crippen LogP contribution is -2.61. The molecule has 1 fully saturated rings. The number of carbonyl (C=O) groups excluding carboxylic acids is 2. The van der Waals surface area contributed by atoms with E-state index in [-0.39, 0.29) is 0 Å². The van der Waals surface area contributed by atoms with E-state index in [0.29, 0.717) is 12.1 Å². The Morgan fingerprint density at radius 3 is 1.82 bits per heavy atom. The van der Waals surface area contributed by atoms with Crippen molar-refractivity contribution < 1.29 is 81.8 Å². The molecule has 4 rings (SSSR count). The van der Waals surface area contributed by atoms with Gasteiger partial charge in [0.25, 0.3) is 0 Å². The summed E-state index contributed by atoms with van der Waals surface area (Å²) < 4.78 is 50.9. The van der Waals surface area contributed by atoms with Crippen LogP contribution < -0.4 is 0 Å². The van der Waals surface area contributed by atoms with Gasteiger partial charge in [0.1, 0.15) is 18.8 Å². The molecule has 206 valence electrons. The van der Waals surface area contributed by atoms with Gasteiger partial charge < -0.3 is 55.1 Å². The van der Waals surface area contributed by atoms with Crippen LogP contribution in [0.3, 0.4) is 0 Å². The number of hydrogen-bond donors (Lipinski definition) is 9. The molecule has 5 atom stereocenters. The average Bonchev–Trinajstić information content (AvgIpc) is 2.83. The second-order valence-corrected chi connectivity index (χ2v) is 9.09. The highest BCUT2D eigenvalue weighted by molar-refractivity contribution is 7.80. The fourth-order valence-corrected chi connectivity index (χ4v) is 4.45. The zero-order valence-corrected chi connectivity index (χ0v) is 19.3. The zero-order valence-electron chi connectivity index (χ0n) is 18.4. The molecule has 17 nitrogen and oxygen atoms in total. The SMILES string of the molecule is O=C1OCC2OC(O)C(OS(=O)(=O)O)C(OC(=O)c3cc(O)c(O)c(O)c3-c3c1cc(O)c(O)c3O)C2O. The highest BCUT2D eigenvalue weighted by Gasteiger charge is 2.51. The van der Waals surface area contributed by atoms with E-state index in [1.54, 1.807) is 0 Å². The summed E-state index contributed by atoms with van der Waals surface area (Å²) in [5.41, 5.74) is -3.65. The molecule has 1 saturated heterocycles. The first-order valence-corrected chi connectivity index (χ1v) is 11.6. The quantitative estimate of drug-likeness (QED) is 0.115. The van der Waals surface area contributed by atoms with Gasteiger partial charge in [0.15, 0.2) is 41.5 Å². The highest BCUT2D eigenvalue weighted by Crippen LogP contribution is 2.52. The number of phenolic OH excluding ortho intramolecular Hbond substituents is 6. The maximum atomic E-state index is 13.2. The van der Waals surface area contributed by atoms with Gasteiger partial charge in [-0.3, -0.25) is 4.55 Å². The summed E-state index contributed by atoms with van der Waals surface area (Å²) in [7, 11) is -5.35. The van der Waals surface area contributed by atoms with Gasteiger partial charge >= 0.3 is 22.3 Å². The molecular formula is C20H18O17S. The van der Waals surface area contributed by atoms with Crippen LogP contribution in [0.25, 0.3) is 11.1 Å². The Kier molecular flexibility index (Phi) is 6.64. The van der Waals surface area contributed by atoms with Crippen LogP contribution in [0.4, 0.5) is 0 Å². The minimum atomic E-state index is -5.35. The van der Waals surface area contributed by atoms with Gasteiger partial charge in [-0.05, 0) is 12.1 Å². The van der Waals surface area contributed by atoms with Crippen LogP contribution in [0.1, 0.15) is 20.7 Å². The Labute approximate surface area is 210 Å². The molecule has 0 aliphatic carbocycles. The average molecular weight is 562 g/mol. The van der Waals surface area contributed by atoms with Crippen molar-refractivity contribution in [2.24, 2.45) is 0 Å². The number of hydrogen-bond acceptors (Lipinski definition) is 16. The summed E-state index contributed by atoms with van der Waals surface area (Å²) in [6.07, 6.45) is -10.6. The van der Waals surface area contributed by atoms with E-state index in [9.17, 15) is 58.9 Å². The summed E-state index contributed by atoms with van der Waals surface area (Å²) in [5.74, 6) is -10.5. The smallest absolute Gasteiger partial charge is 0.397 e. The van der Waals surface area contributed by atoms with Crippen LogP contribution in [0.5, 0.6) is 34.5 Å². The van der Waals surface area contributed by atoms with Crippen molar-refractivity contribution in [1.29, 1.82) is 0 Å². The molecule has 0 radical (unpaired) electrons. The number of aliphatic hydroxyl groups excluding tert-OH is 2. The summed E-state index contributed by atoms with van der Waals surface area (Å²) in [6.45, 7) is -0.939. The Morgan fingerprint density at radius 2 is 1.32 bits per heavy atom. The van der Waals surface area contributed by atoms with E-state index in [2.05, 4.69) is 4.18 Å². The van der Waals surface area contributed by atoms with Gasteiger partial charge in [0, 0.05) is 11.1 Å². The number of benzene rings is 2. The number of phenols is 6. The Hall–Kier alpha value is -4.07. The van der Waals surface area contributed by atoms with Gasteiger partial charge in [-0.1, -0.05) is 0 Å². The van der Waals surface area contributed by atoms with Crippen molar-refractivity contribution >= 4 is 22.3 Å². The number of fused-ring (bicyclic) bond motifs is 5. The minimum absolute atomic E-state index is 0.467. The maximum Gasteiger partial charge on any atom is 0.397 e. The number of cyclic esters (lactones) is 1. The second-order valence-electron chi connectivity index (χ2n) is 8.04. The molecule has 2 bridgehead atoms. The summed E-state index contributed by atoms with van der Waals surface area (Å²) in [6, 6.07) is 1.03. The molecule has 2 aliphatic heterocycles. The van der Waals surface area contributed by atoms with Gasteiger partial charge in [0.2, 0.25) is 11.5 Å². The molecule has 0 aromatic heterocycles. The van der Waals surface area contributed by atoms with Crippen LogP contribution in [0.2, 0.25) is 0 Å². The molecule has 18 heteroatoms. The largest absolute Gasteiger partial charge is 0.504 e. The molecule has 2 aromatic carbocycles. The van der Waals surface area contributed by atoms with Gasteiger partial charge in [-0.2, -0.15) is 8.42 Å². The van der Waals surface area contributed by atoms with Crippen LogP contribution in [0, 0.1) is 0 Å². The third-order valence-electron chi connectivity index (χ3n) is 5.69. The third kappa shape index (κ3) is 4.55. The van der Waals surface area contributed by atoms with Crippen LogP contribution >= 0.6 is 0 Å². The standard InChI is InChI=1S/C20H18O17S/c21-6-1-4-9(14(26)11(6)23)10-5(2-7(22)12(24)15(10)27)19(29)36-16-13(25)8(3-34-18(4)28)35-20(30)17(16)37-38(31,32)33/h1-2,8,13,16-17,20-27,30H,3H2,(H,31,32,33). The predicted molar refractivity (Wildman–Crippen MR) is 115 cm³/mol. The fraction of sp³-hybridized carbons (Fsp3) is 0.300. The van der Waals surface area contributed by atoms with E-state index in [4.69, 9.17) is 18.8 Å². The molecule has 38 heavy (non-hydrogen) atoms. The molecule has 9 N–H and O–H groups in total. The van der Waals surface area contributed by atoms with E-state index in [1.165, 1.54) is 0 Å². The van der Waals surface area contributed by atoms with Crippen molar-refractivity contribution in [3.05, 3.63) is 23.3 Å². The van der Waals surface area contributed by atoms with Crippen LogP contribution in [-0.4, -0.2) is 103 Å². The third-order valence-corrected chi connectivity index (χ3v) is 6.15. The Bertz CT molecular complexity index is 1430. The van der Waals surface area contributed by atoms with Crippen molar-refractivity contribution in [3.8, 4) is 45.6 Å². The molecule has 0 spiro atoms. The number of ether oxygens (including phenoxy) is 3. The van der Waals surface area contributed by atoms with E-state index in [0.717, 1.165) is 0 Å². The zero-order chi connectivity index (χ0) is 28.3. The molecule has 2 aliphatic rings. The van der Waals surface area contributed by atoms with Crippen LogP contribution in [0.15, 0.2) is 12.1 Å². The molecule has 5 unspecified atom stereocenters. The molecule has 2 aromatic rings. The normalized spacial score (nSPS) is 25.7. The monoisotopic (exact) mass is 562 g/mol. The van der Waals surface area contributed by atoms with E-state index in [1.807, 2.05) is 0 Å². The van der Waals surface area contributed by atoms with Crippen molar-refractivity contribution in [1.82, 2.24) is 0 Å². The Balaban J connectivity index is 2.01. The molecule has 2 heterocycles. The second kappa shape index (κ2) is 9.35. The number of carbonyl (C=O) groups is 2. The summed E-state index contributed by atoms with van der Waals surface area (Å²) >= 11 is 0. The van der Waals surface area contributed by atoms with Crippen molar-refractivity contribution in [2.45, 2.75) is 30.7 Å². The van der Waals surface area contributed by atoms with E-state index >= 15 is 0 Å². The lowest BCUT2D eigenvalue weighted by Gasteiger charge is -2.41. The van der Waals surface area contributed by atoms with E-state index < -0.39 is 116 Å². The predicted octanol–water partition coefficient (Wildman–Crippen LogP) is -1.45. The summed E-state index contributed by atoms with van der Waals surface area (Å²) in [4.78, 5) is 26.1. The maximum absolute atomic E-state index is 13.2. The minimum Gasteiger partial charge on any atom is -0.504 e. The number of aromatic hydroxyl groups is 6. The Morgan fingerprint density at radius 1 is 0.816 bits per heavy atom. The summed E-state index contributed by atoms with van der Waals surface area (Å²) in [5, 5.41) is 82.0. The van der Waals surface area contributed by atoms with Gasteiger partial charge in [0.05, 0.1) is 11.1 Å². The number of rotatable bonds is 2. The van der Waals surface area contributed by atoms with Gasteiger partial charge in [-0.15, -0.1) is 0 Å². The lowest BCUT2D eigenvalue weighted by molar-refractivity contribution is -0.280. The number of esters is 2. The molecule has 0 amide bonds. The highest BCUT2D eigenvalue weighted by atomic mass is 32.3. The van der Waals surface area contributed by atoms with Crippen molar-refractivity contribution in [3.63, 3.8) is 0 Å². The molecule has 0 saturated carbocycles. The number of aliphatic hydroxyl groups is 2. The topological polar surface area (TPSA) is 287 Å². The first-order valence-electron chi connectivity index (χ1n) is 10.2.